The maximum Gasteiger partial charge on any atom is 0.143 e. The van der Waals surface area contributed by atoms with E-state index in [1.807, 2.05) is 13.1 Å². The molecule has 0 saturated carbocycles. The molecule has 78 valence electrons. The topological polar surface area (TPSA) is 16.1 Å². The molecule has 0 aliphatic carbocycles. The van der Waals surface area contributed by atoms with Crippen molar-refractivity contribution < 1.29 is 0 Å². The fraction of sp³-hybridized carbons (Fsp3) is 0.545. The first kappa shape index (κ1) is 11.5. The van der Waals surface area contributed by atoms with E-state index < -0.39 is 0 Å². The molecular weight excluding hydrogens is 240 g/mol. The molecule has 0 fully saturated rings. The van der Waals surface area contributed by atoms with Crippen LogP contribution in [0.15, 0.2) is 16.7 Å². The van der Waals surface area contributed by atoms with Crippen LogP contribution in [-0.4, -0.2) is 17.6 Å². The molecule has 0 amide bonds. The summed E-state index contributed by atoms with van der Waals surface area (Å²) in [6.45, 7) is 9.53. The Morgan fingerprint density at radius 2 is 2.14 bits per heavy atom. The van der Waals surface area contributed by atoms with Gasteiger partial charge in [-0.1, -0.05) is 0 Å². The molecule has 0 unspecified atom stereocenters. The second kappa shape index (κ2) is 4.78. The minimum atomic E-state index is 0.478. The SMILES string of the molecule is CCN(c1ncc(C)cc1Br)C(C)C. The molecule has 1 rings (SSSR count). The number of pyridine rings is 1. The van der Waals surface area contributed by atoms with Gasteiger partial charge in [-0.3, -0.25) is 0 Å². The summed E-state index contributed by atoms with van der Waals surface area (Å²) >= 11 is 3.55. The van der Waals surface area contributed by atoms with Crippen molar-refractivity contribution in [2.75, 3.05) is 11.4 Å². The second-order valence-electron chi connectivity index (χ2n) is 3.70. The Morgan fingerprint density at radius 1 is 1.50 bits per heavy atom. The van der Waals surface area contributed by atoms with Crippen LogP contribution in [0.5, 0.6) is 0 Å². The van der Waals surface area contributed by atoms with Crippen LogP contribution in [0, 0.1) is 6.92 Å². The van der Waals surface area contributed by atoms with Crippen LogP contribution in [0.4, 0.5) is 5.82 Å². The van der Waals surface area contributed by atoms with Gasteiger partial charge in [0.25, 0.3) is 0 Å². The van der Waals surface area contributed by atoms with Gasteiger partial charge >= 0.3 is 0 Å². The van der Waals surface area contributed by atoms with Crippen molar-refractivity contribution in [1.82, 2.24) is 4.98 Å². The number of halogens is 1. The van der Waals surface area contributed by atoms with Gasteiger partial charge in [0.2, 0.25) is 0 Å². The average molecular weight is 257 g/mol. The summed E-state index contributed by atoms with van der Waals surface area (Å²) in [5.41, 5.74) is 1.18. The lowest BCUT2D eigenvalue weighted by atomic mass is 10.2. The fourth-order valence-corrected chi connectivity index (χ4v) is 2.19. The maximum absolute atomic E-state index is 4.45. The zero-order chi connectivity index (χ0) is 10.7. The van der Waals surface area contributed by atoms with Crippen LogP contribution >= 0.6 is 15.9 Å². The van der Waals surface area contributed by atoms with Crippen molar-refractivity contribution in [3.05, 3.63) is 22.3 Å². The first-order valence-corrected chi connectivity index (χ1v) is 5.74. The highest BCUT2D eigenvalue weighted by atomic mass is 79.9. The number of hydrogen-bond donors (Lipinski definition) is 0. The third-order valence-corrected chi connectivity index (χ3v) is 2.78. The van der Waals surface area contributed by atoms with E-state index >= 15 is 0 Å². The minimum absolute atomic E-state index is 0.478. The van der Waals surface area contributed by atoms with Crippen molar-refractivity contribution in [3.63, 3.8) is 0 Å². The quantitative estimate of drug-likeness (QED) is 0.825. The molecule has 0 spiro atoms. The second-order valence-corrected chi connectivity index (χ2v) is 4.55. The highest BCUT2D eigenvalue weighted by Gasteiger charge is 2.12. The highest BCUT2D eigenvalue weighted by molar-refractivity contribution is 9.10. The Kier molecular flexibility index (Phi) is 3.93. The van der Waals surface area contributed by atoms with E-state index in [1.54, 1.807) is 0 Å². The number of aryl methyl sites for hydroxylation is 1. The zero-order valence-corrected chi connectivity index (χ0v) is 10.8. The number of nitrogens with zero attached hydrogens (tertiary/aromatic N) is 2. The van der Waals surface area contributed by atoms with Crippen LogP contribution < -0.4 is 4.90 Å². The maximum atomic E-state index is 4.45. The predicted octanol–water partition coefficient (Wildman–Crippen LogP) is 3.39. The monoisotopic (exact) mass is 256 g/mol. The predicted molar refractivity (Wildman–Crippen MR) is 64.8 cm³/mol. The van der Waals surface area contributed by atoms with Crippen LogP contribution in [0.1, 0.15) is 26.3 Å². The third-order valence-electron chi connectivity index (χ3n) is 2.19. The van der Waals surface area contributed by atoms with E-state index in [0.29, 0.717) is 6.04 Å². The van der Waals surface area contributed by atoms with Gasteiger partial charge in [0.15, 0.2) is 0 Å². The molecule has 0 aliphatic rings. The minimum Gasteiger partial charge on any atom is -0.354 e. The average Bonchev–Trinajstić information content (AvgIpc) is 2.09. The van der Waals surface area contributed by atoms with Gasteiger partial charge in [-0.15, -0.1) is 0 Å². The molecule has 1 aromatic rings. The van der Waals surface area contributed by atoms with Crippen LogP contribution in [0.25, 0.3) is 0 Å². The van der Waals surface area contributed by atoms with Crippen molar-refractivity contribution in [3.8, 4) is 0 Å². The molecule has 0 saturated heterocycles. The lowest BCUT2D eigenvalue weighted by Gasteiger charge is -2.27. The van der Waals surface area contributed by atoms with Gasteiger partial charge in [-0.05, 0) is 55.3 Å². The number of rotatable bonds is 3. The fourth-order valence-electron chi connectivity index (χ4n) is 1.50. The van der Waals surface area contributed by atoms with Crippen molar-refractivity contribution in [2.24, 2.45) is 0 Å². The van der Waals surface area contributed by atoms with Crippen LogP contribution in [0.2, 0.25) is 0 Å². The molecule has 0 aromatic carbocycles. The smallest absolute Gasteiger partial charge is 0.143 e. The molecular formula is C11H17BrN2. The Hall–Kier alpha value is -0.570. The number of hydrogen-bond acceptors (Lipinski definition) is 2. The molecule has 2 nitrogen and oxygen atoms in total. The molecule has 14 heavy (non-hydrogen) atoms. The molecule has 0 aliphatic heterocycles. The zero-order valence-electron chi connectivity index (χ0n) is 9.21. The van der Waals surface area contributed by atoms with E-state index in [-0.39, 0.29) is 0 Å². The molecule has 1 aromatic heterocycles. The van der Waals surface area contributed by atoms with Crippen LogP contribution in [-0.2, 0) is 0 Å². The lowest BCUT2D eigenvalue weighted by Crippen LogP contribution is -2.31. The molecule has 0 radical (unpaired) electrons. The summed E-state index contributed by atoms with van der Waals surface area (Å²) < 4.78 is 1.08. The Balaban J connectivity index is 3.04. The lowest BCUT2D eigenvalue weighted by molar-refractivity contribution is 0.691. The molecule has 0 N–H and O–H groups in total. The Morgan fingerprint density at radius 3 is 2.57 bits per heavy atom. The van der Waals surface area contributed by atoms with Crippen LogP contribution in [0.3, 0.4) is 0 Å². The van der Waals surface area contributed by atoms with E-state index in [2.05, 4.69) is 52.7 Å². The summed E-state index contributed by atoms with van der Waals surface area (Å²) in [6.07, 6.45) is 1.91. The van der Waals surface area contributed by atoms with E-state index in [0.717, 1.165) is 16.8 Å². The summed E-state index contributed by atoms with van der Waals surface area (Å²) in [4.78, 5) is 6.72. The van der Waals surface area contributed by atoms with Gasteiger partial charge in [-0.2, -0.15) is 0 Å². The van der Waals surface area contributed by atoms with E-state index in [1.165, 1.54) is 5.56 Å². The van der Waals surface area contributed by atoms with Gasteiger partial charge in [0.1, 0.15) is 5.82 Å². The Labute approximate surface area is 94.5 Å². The van der Waals surface area contributed by atoms with Gasteiger partial charge in [-0.25, -0.2) is 4.98 Å². The van der Waals surface area contributed by atoms with Gasteiger partial charge in [0, 0.05) is 18.8 Å². The largest absolute Gasteiger partial charge is 0.354 e. The van der Waals surface area contributed by atoms with E-state index in [9.17, 15) is 0 Å². The van der Waals surface area contributed by atoms with Gasteiger partial charge in [0.05, 0.1) is 4.47 Å². The first-order chi connectivity index (χ1) is 6.56. The first-order valence-electron chi connectivity index (χ1n) is 4.95. The summed E-state index contributed by atoms with van der Waals surface area (Å²) in [7, 11) is 0. The number of anilines is 1. The summed E-state index contributed by atoms with van der Waals surface area (Å²) in [5, 5.41) is 0. The molecule has 1 heterocycles. The molecule has 3 heteroatoms. The highest BCUT2D eigenvalue weighted by Crippen LogP contribution is 2.25. The molecule has 0 bridgehead atoms. The summed E-state index contributed by atoms with van der Waals surface area (Å²) in [5.74, 6) is 1.04. The number of aromatic nitrogens is 1. The normalized spacial score (nSPS) is 10.7. The van der Waals surface area contributed by atoms with Crippen molar-refractivity contribution in [1.29, 1.82) is 0 Å². The van der Waals surface area contributed by atoms with Crippen molar-refractivity contribution >= 4 is 21.7 Å². The van der Waals surface area contributed by atoms with Gasteiger partial charge < -0.3 is 4.90 Å². The Bertz CT molecular complexity index is 310. The summed E-state index contributed by atoms with van der Waals surface area (Å²) in [6, 6.07) is 2.58. The third kappa shape index (κ3) is 2.47. The standard InChI is InChI=1S/C11H17BrN2/c1-5-14(8(2)3)11-10(12)6-9(4)7-13-11/h6-8H,5H2,1-4H3. The van der Waals surface area contributed by atoms with Crippen molar-refractivity contribution in [2.45, 2.75) is 33.7 Å². The molecule has 0 atom stereocenters. The van der Waals surface area contributed by atoms with E-state index in [4.69, 9.17) is 0 Å².